The smallest absolute Gasteiger partial charge is 0.261 e. The van der Waals surface area contributed by atoms with Gasteiger partial charge >= 0.3 is 0 Å². The Bertz CT molecular complexity index is 1120. The first kappa shape index (κ1) is 26.2. The Kier molecular flexibility index (Phi) is 9.67. The summed E-state index contributed by atoms with van der Waals surface area (Å²) in [5.74, 6) is -1.06. The van der Waals surface area contributed by atoms with Crippen molar-refractivity contribution in [1.82, 2.24) is 10.2 Å². The fourth-order valence-electron chi connectivity index (χ4n) is 3.57. The highest BCUT2D eigenvalue weighted by atomic mass is 35.5. The van der Waals surface area contributed by atoms with Crippen molar-refractivity contribution in [3.05, 3.63) is 101 Å². The van der Waals surface area contributed by atoms with E-state index in [0.717, 1.165) is 5.56 Å². The Morgan fingerprint density at radius 2 is 1.63 bits per heavy atom. The third-order valence-corrected chi connectivity index (χ3v) is 5.81. The molecule has 3 aromatic rings. The van der Waals surface area contributed by atoms with Crippen LogP contribution in [-0.2, 0) is 22.6 Å². The molecule has 0 spiro atoms. The average molecular weight is 497 g/mol. The van der Waals surface area contributed by atoms with Gasteiger partial charge in [-0.15, -0.1) is 0 Å². The molecule has 1 atom stereocenters. The molecule has 7 heteroatoms. The molecule has 0 bridgehead atoms. The molecule has 184 valence electrons. The molecule has 2 amide bonds. The van der Waals surface area contributed by atoms with Gasteiger partial charge in [-0.3, -0.25) is 9.59 Å². The Balaban J connectivity index is 1.92. The summed E-state index contributed by atoms with van der Waals surface area (Å²) in [7, 11) is 0. The molecular weight excluding hydrogens is 467 g/mol. The zero-order valence-corrected chi connectivity index (χ0v) is 20.7. The number of halogens is 2. The van der Waals surface area contributed by atoms with Gasteiger partial charge in [0, 0.05) is 24.5 Å². The molecule has 0 aromatic heterocycles. The predicted octanol–water partition coefficient (Wildman–Crippen LogP) is 5.27. The van der Waals surface area contributed by atoms with Crippen molar-refractivity contribution in [3.8, 4) is 5.75 Å². The number of carbonyl (C=O) groups excluding carboxylic acids is 2. The second kappa shape index (κ2) is 12.9. The molecule has 1 N–H and O–H groups in total. The lowest BCUT2D eigenvalue weighted by Gasteiger charge is -2.32. The first-order valence-electron chi connectivity index (χ1n) is 11.6. The van der Waals surface area contributed by atoms with E-state index >= 15 is 0 Å². The van der Waals surface area contributed by atoms with Gasteiger partial charge in [0.25, 0.3) is 5.91 Å². The van der Waals surface area contributed by atoms with Crippen molar-refractivity contribution in [2.75, 3.05) is 13.2 Å². The van der Waals surface area contributed by atoms with E-state index in [1.165, 1.54) is 17.0 Å². The Hall–Kier alpha value is -3.38. The lowest BCUT2D eigenvalue weighted by atomic mass is 10.0. The highest BCUT2D eigenvalue weighted by molar-refractivity contribution is 6.31. The predicted molar refractivity (Wildman–Crippen MR) is 136 cm³/mol. The molecule has 0 fully saturated rings. The summed E-state index contributed by atoms with van der Waals surface area (Å²) in [6, 6.07) is 21.7. The molecule has 5 nitrogen and oxygen atoms in total. The fraction of sp³-hybridized carbons (Fsp3) is 0.286. The Labute approximate surface area is 210 Å². The molecule has 0 aliphatic carbocycles. The SMILES string of the molecule is CC(C)CNC(=O)[C@@H](Cc1ccccc1)N(Cc1ccccc1Cl)C(=O)COc1ccccc1F. The molecular formula is C28H30ClFN2O3. The van der Waals surface area contributed by atoms with E-state index in [-0.39, 0.29) is 24.1 Å². The van der Waals surface area contributed by atoms with Crippen LogP contribution < -0.4 is 10.1 Å². The summed E-state index contributed by atoms with van der Waals surface area (Å²) < 4.78 is 19.6. The number of benzene rings is 3. The second-order valence-corrected chi connectivity index (χ2v) is 9.08. The Morgan fingerprint density at radius 3 is 2.31 bits per heavy atom. The van der Waals surface area contributed by atoms with Crippen molar-refractivity contribution in [2.45, 2.75) is 32.9 Å². The van der Waals surface area contributed by atoms with Gasteiger partial charge in [0.15, 0.2) is 18.2 Å². The number of ether oxygens (including phenoxy) is 1. The molecule has 35 heavy (non-hydrogen) atoms. The number of hydrogen-bond donors (Lipinski definition) is 1. The van der Waals surface area contributed by atoms with Gasteiger partial charge < -0.3 is 15.0 Å². The quantitative estimate of drug-likeness (QED) is 0.393. The van der Waals surface area contributed by atoms with Crippen LogP contribution in [0.4, 0.5) is 4.39 Å². The standard InChI is InChI=1S/C28H30ClFN2O3/c1-20(2)17-31-28(34)25(16-21-10-4-3-5-11-21)32(18-22-12-6-7-13-23(22)29)27(33)19-35-26-15-9-8-14-24(26)30/h3-15,20,25H,16-19H2,1-2H3,(H,31,34)/t25-/m1/s1. The molecule has 0 heterocycles. The Morgan fingerprint density at radius 1 is 0.971 bits per heavy atom. The van der Waals surface area contributed by atoms with Crippen molar-refractivity contribution in [2.24, 2.45) is 5.92 Å². The second-order valence-electron chi connectivity index (χ2n) is 8.68. The van der Waals surface area contributed by atoms with Crippen LogP contribution in [0.3, 0.4) is 0 Å². The molecule has 0 unspecified atom stereocenters. The van der Waals surface area contributed by atoms with E-state index in [4.69, 9.17) is 16.3 Å². The molecule has 0 radical (unpaired) electrons. The first-order chi connectivity index (χ1) is 16.8. The van der Waals surface area contributed by atoms with Crippen molar-refractivity contribution in [3.63, 3.8) is 0 Å². The van der Waals surface area contributed by atoms with Crippen LogP contribution in [0.5, 0.6) is 5.75 Å². The van der Waals surface area contributed by atoms with E-state index in [1.807, 2.05) is 56.3 Å². The van der Waals surface area contributed by atoms with Gasteiger partial charge in [-0.1, -0.05) is 86.1 Å². The van der Waals surface area contributed by atoms with Gasteiger partial charge in [-0.25, -0.2) is 4.39 Å². The van der Waals surface area contributed by atoms with Crippen LogP contribution in [0.1, 0.15) is 25.0 Å². The summed E-state index contributed by atoms with van der Waals surface area (Å²) in [6.07, 6.45) is 0.306. The molecule has 0 aliphatic heterocycles. The summed E-state index contributed by atoms with van der Waals surface area (Å²) >= 11 is 6.39. The first-order valence-corrected chi connectivity index (χ1v) is 11.9. The maximum Gasteiger partial charge on any atom is 0.261 e. The number of nitrogens with one attached hydrogen (secondary N) is 1. The van der Waals surface area contributed by atoms with E-state index in [0.29, 0.717) is 23.6 Å². The van der Waals surface area contributed by atoms with Crippen molar-refractivity contribution >= 4 is 23.4 Å². The third kappa shape index (κ3) is 7.82. The summed E-state index contributed by atoms with van der Waals surface area (Å²) in [4.78, 5) is 28.3. The molecule has 0 saturated carbocycles. The lowest BCUT2D eigenvalue weighted by Crippen LogP contribution is -2.52. The minimum Gasteiger partial charge on any atom is -0.481 e. The number of nitrogens with zero attached hydrogens (tertiary/aromatic N) is 1. The van der Waals surface area contributed by atoms with Crippen LogP contribution in [0.2, 0.25) is 5.02 Å². The van der Waals surface area contributed by atoms with Gasteiger partial charge in [-0.2, -0.15) is 0 Å². The van der Waals surface area contributed by atoms with E-state index in [2.05, 4.69) is 5.32 Å². The molecule has 3 rings (SSSR count). The summed E-state index contributed by atoms with van der Waals surface area (Å²) in [5, 5.41) is 3.44. The lowest BCUT2D eigenvalue weighted by molar-refractivity contribution is -0.142. The van der Waals surface area contributed by atoms with Crippen LogP contribution in [-0.4, -0.2) is 35.9 Å². The fourth-order valence-corrected chi connectivity index (χ4v) is 3.77. The number of rotatable bonds is 11. The van der Waals surface area contributed by atoms with Crippen LogP contribution in [0.25, 0.3) is 0 Å². The van der Waals surface area contributed by atoms with E-state index in [1.54, 1.807) is 24.3 Å². The average Bonchev–Trinajstić information content (AvgIpc) is 2.85. The monoisotopic (exact) mass is 496 g/mol. The number of para-hydroxylation sites is 1. The minimum atomic E-state index is -0.816. The maximum absolute atomic E-state index is 14.1. The highest BCUT2D eigenvalue weighted by Crippen LogP contribution is 2.21. The summed E-state index contributed by atoms with van der Waals surface area (Å²) in [6.45, 7) is 4.16. The van der Waals surface area contributed by atoms with Gasteiger partial charge in [0.2, 0.25) is 5.91 Å². The normalized spacial score (nSPS) is 11.7. The van der Waals surface area contributed by atoms with Crippen molar-refractivity contribution in [1.29, 1.82) is 0 Å². The zero-order valence-electron chi connectivity index (χ0n) is 19.9. The maximum atomic E-state index is 14.1. The minimum absolute atomic E-state index is 0.0255. The van der Waals surface area contributed by atoms with Crippen LogP contribution in [0, 0.1) is 11.7 Å². The summed E-state index contributed by atoms with van der Waals surface area (Å²) in [5.41, 5.74) is 1.60. The largest absolute Gasteiger partial charge is 0.481 e. The van der Waals surface area contributed by atoms with E-state index < -0.39 is 24.4 Å². The van der Waals surface area contributed by atoms with Gasteiger partial charge in [0.1, 0.15) is 6.04 Å². The van der Waals surface area contributed by atoms with E-state index in [9.17, 15) is 14.0 Å². The molecule has 3 aromatic carbocycles. The van der Waals surface area contributed by atoms with Crippen molar-refractivity contribution < 1.29 is 18.7 Å². The van der Waals surface area contributed by atoms with Crippen LogP contribution >= 0.6 is 11.6 Å². The van der Waals surface area contributed by atoms with Crippen LogP contribution in [0.15, 0.2) is 78.9 Å². The topological polar surface area (TPSA) is 58.6 Å². The molecule has 0 saturated heterocycles. The number of amides is 2. The van der Waals surface area contributed by atoms with Gasteiger partial charge in [-0.05, 0) is 35.2 Å². The third-order valence-electron chi connectivity index (χ3n) is 5.44. The number of hydrogen-bond acceptors (Lipinski definition) is 3. The van der Waals surface area contributed by atoms with Gasteiger partial charge in [0.05, 0.1) is 0 Å². The number of carbonyl (C=O) groups is 2. The highest BCUT2D eigenvalue weighted by Gasteiger charge is 2.31. The molecule has 0 aliphatic rings. The zero-order chi connectivity index (χ0) is 25.2.